The van der Waals surface area contributed by atoms with Crippen LogP contribution in [0.3, 0.4) is 0 Å². The maximum Gasteiger partial charge on any atom is 0.410 e. The van der Waals surface area contributed by atoms with Crippen LogP contribution in [0.15, 0.2) is 54.1 Å². The monoisotopic (exact) mass is 492 g/mol. The molecule has 0 radical (unpaired) electrons. The minimum absolute atomic E-state index is 0.0145. The third-order valence-corrected chi connectivity index (χ3v) is 6.24. The third kappa shape index (κ3) is 6.53. The maximum absolute atomic E-state index is 12.8. The molecular weight excluding hydrogens is 456 g/mol. The van der Waals surface area contributed by atoms with Crippen LogP contribution in [0.25, 0.3) is 5.57 Å². The summed E-state index contributed by atoms with van der Waals surface area (Å²) in [7, 11) is 0. The number of amides is 2. The van der Waals surface area contributed by atoms with E-state index < -0.39 is 11.6 Å². The van der Waals surface area contributed by atoms with Gasteiger partial charge in [0.2, 0.25) is 0 Å². The molecule has 0 saturated carbocycles. The molecule has 1 aliphatic rings. The lowest BCUT2D eigenvalue weighted by atomic mass is 9.87. The molecule has 36 heavy (non-hydrogen) atoms. The highest BCUT2D eigenvalue weighted by molar-refractivity contribution is 5.95. The van der Waals surface area contributed by atoms with Crippen molar-refractivity contribution in [3.63, 3.8) is 0 Å². The van der Waals surface area contributed by atoms with Gasteiger partial charge in [0.15, 0.2) is 0 Å². The molecule has 192 valence electrons. The van der Waals surface area contributed by atoms with Gasteiger partial charge in [-0.1, -0.05) is 29.8 Å². The number of rotatable bonds is 6. The van der Waals surface area contributed by atoms with Crippen molar-refractivity contribution in [1.29, 1.82) is 0 Å². The summed E-state index contributed by atoms with van der Waals surface area (Å²) in [5.41, 5.74) is 4.08. The van der Waals surface area contributed by atoms with Gasteiger partial charge in [0, 0.05) is 31.7 Å². The number of likely N-dealkylation sites (tertiary alicyclic amines) is 1. The van der Waals surface area contributed by atoms with Crippen LogP contribution in [0.1, 0.15) is 79.3 Å². The summed E-state index contributed by atoms with van der Waals surface area (Å²) in [5, 5.41) is 9.54. The molecule has 0 atom stereocenters. The number of hydrogen-bond donors (Lipinski definition) is 1. The lowest BCUT2D eigenvalue weighted by Gasteiger charge is -2.32. The number of carbonyl (C=O) groups excluding carboxylic acids is 2. The van der Waals surface area contributed by atoms with Crippen LogP contribution >= 0.6 is 0 Å². The lowest BCUT2D eigenvalue weighted by molar-refractivity contribution is 0.0236. The van der Waals surface area contributed by atoms with Crippen molar-refractivity contribution in [3.8, 4) is 0 Å². The Morgan fingerprint density at radius 1 is 0.889 bits per heavy atom. The molecule has 0 aliphatic carbocycles. The molecule has 2 amide bonds. The van der Waals surface area contributed by atoms with E-state index in [1.165, 1.54) is 0 Å². The Morgan fingerprint density at radius 2 is 1.44 bits per heavy atom. The molecule has 0 aromatic heterocycles. The van der Waals surface area contributed by atoms with Gasteiger partial charge in [-0.2, -0.15) is 0 Å². The number of carboxylic acid groups (broad SMARTS) is 1. The zero-order chi connectivity index (χ0) is 26.5. The van der Waals surface area contributed by atoms with Crippen molar-refractivity contribution in [2.75, 3.05) is 26.2 Å². The smallest absolute Gasteiger partial charge is 0.410 e. The minimum Gasteiger partial charge on any atom is -0.478 e. The molecule has 7 heteroatoms. The van der Waals surface area contributed by atoms with Gasteiger partial charge in [0.05, 0.1) is 5.56 Å². The van der Waals surface area contributed by atoms with Crippen LogP contribution in [0.2, 0.25) is 0 Å². The standard InChI is InChI=1S/C29H36N2O5/c1-6-30(7-2)26(32)22-13-11-20(12-14-22)25(23-9-8-10-24(19-23)27(33)34)21-15-17-31(18-16-21)28(35)36-29(3,4)5/h8-14,19H,6-7,15-18H2,1-5H3,(H,33,34). The van der Waals surface area contributed by atoms with E-state index in [-0.39, 0.29) is 17.6 Å². The highest BCUT2D eigenvalue weighted by atomic mass is 16.6. The number of ether oxygens (including phenoxy) is 1. The molecule has 1 fully saturated rings. The summed E-state index contributed by atoms with van der Waals surface area (Å²) in [6, 6.07) is 14.4. The maximum atomic E-state index is 12.8. The second kappa shape index (κ2) is 11.4. The Morgan fingerprint density at radius 3 is 1.97 bits per heavy atom. The van der Waals surface area contributed by atoms with Crippen molar-refractivity contribution < 1.29 is 24.2 Å². The lowest BCUT2D eigenvalue weighted by Crippen LogP contribution is -2.40. The largest absolute Gasteiger partial charge is 0.478 e. The van der Waals surface area contributed by atoms with Crippen LogP contribution in [-0.4, -0.2) is 64.7 Å². The van der Waals surface area contributed by atoms with E-state index in [1.807, 2.05) is 65.0 Å². The Labute approximate surface area is 213 Å². The van der Waals surface area contributed by atoms with Crippen molar-refractivity contribution in [3.05, 3.63) is 76.4 Å². The minimum atomic E-state index is -0.985. The fourth-order valence-electron chi connectivity index (χ4n) is 4.39. The summed E-state index contributed by atoms with van der Waals surface area (Å²) < 4.78 is 5.53. The average Bonchev–Trinajstić information content (AvgIpc) is 2.85. The quantitative estimate of drug-likeness (QED) is 0.559. The number of nitrogens with zero attached hydrogens (tertiary/aromatic N) is 2. The highest BCUT2D eigenvalue weighted by Crippen LogP contribution is 2.33. The Bertz CT molecular complexity index is 1130. The van der Waals surface area contributed by atoms with Crippen molar-refractivity contribution in [2.45, 2.75) is 53.1 Å². The molecule has 1 aliphatic heterocycles. The number of aromatic carboxylic acids is 1. The van der Waals surface area contributed by atoms with Gasteiger partial charge in [-0.05, 0) is 88.4 Å². The number of carboxylic acids is 1. The molecule has 2 aromatic carbocycles. The molecule has 3 rings (SSSR count). The number of piperidine rings is 1. The second-order valence-corrected chi connectivity index (χ2v) is 9.89. The highest BCUT2D eigenvalue weighted by Gasteiger charge is 2.26. The van der Waals surface area contributed by atoms with Crippen molar-refractivity contribution in [1.82, 2.24) is 9.80 Å². The van der Waals surface area contributed by atoms with Crippen LogP contribution in [0.5, 0.6) is 0 Å². The molecular formula is C29H36N2O5. The summed E-state index contributed by atoms with van der Waals surface area (Å²) in [4.78, 5) is 40.5. The first-order valence-electron chi connectivity index (χ1n) is 12.5. The Balaban J connectivity index is 1.97. The van der Waals surface area contributed by atoms with E-state index in [0.717, 1.165) is 22.3 Å². The first-order chi connectivity index (χ1) is 17.0. The third-order valence-electron chi connectivity index (χ3n) is 6.24. The molecule has 1 heterocycles. The van der Waals surface area contributed by atoms with E-state index >= 15 is 0 Å². The fourth-order valence-corrected chi connectivity index (χ4v) is 4.39. The van der Waals surface area contributed by atoms with Crippen LogP contribution in [0, 0.1) is 0 Å². The first kappa shape index (κ1) is 27.0. The predicted octanol–water partition coefficient (Wildman–Crippen LogP) is 5.70. The predicted molar refractivity (Wildman–Crippen MR) is 140 cm³/mol. The van der Waals surface area contributed by atoms with Gasteiger partial charge in [-0.15, -0.1) is 0 Å². The average molecular weight is 493 g/mol. The number of benzene rings is 2. The van der Waals surface area contributed by atoms with E-state index in [4.69, 9.17) is 4.74 Å². The van der Waals surface area contributed by atoms with Gasteiger partial charge < -0.3 is 19.6 Å². The Hall–Kier alpha value is -3.61. The topological polar surface area (TPSA) is 87.2 Å². The zero-order valence-electron chi connectivity index (χ0n) is 21.8. The van der Waals surface area contributed by atoms with Gasteiger partial charge in [0.1, 0.15) is 5.60 Å². The van der Waals surface area contributed by atoms with Gasteiger partial charge >= 0.3 is 12.1 Å². The summed E-state index contributed by atoms with van der Waals surface area (Å²) >= 11 is 0. The summed E-state index contributed by atoms with van der Waals surface area (Å²) in [6.07, 6.45) is 0.966. The number of carbonyl (C=O) groups is 3. The van der Waals surface area contributed by atoms with E-state index in [0.29, 0.717) is 44.6 Å². The van der Waals surface area contributed by atoms with E-state index in [2.05, 4.69) is 0 Å². The fraction of sp³-hybridized carbons (Fsp3) is 0.414. The molecule has 7 nitrogen and oxygen atoms in total. The van der Waals surface area contributed by atoms with Crippen LogP contribution in [-0.2, 0) is 4.74 Å². The van der Waals surface area contributed by atoms with Gasteiger partial charge in [0.25, 0.3) is 5.91 Å². The van der Waals surface area contributed by atoms with Crippen molar-refractivity contribution >= 4 is 23.5 Å². The number of hydrogen-bond acceptors (Lipinski definition) is 4. The van der Waals surface area contributed by atoms with E-state index in [9.17, 15) is 19.5 Å². The molecule has 2 aromatic rings. The van der Waals surface area contributed by atoms with Gasteiger partial charge in [-0.3, -0.25) is 4.79 Å². The second-order valence-electron chi connectivity index (χ2n) is 9.89. The molecule has 0 bridgehead atoms. The Kier molecular flexibility index (Phi) is 8.56. The van der Waals surface area contributed by atoms with Crippen molar-refractivity contribution in [2.24, 2.45) is 0 Å². The molecule has 1 N–H and O–H groups in total. The molecule has 0 unspecified atom stereocenters. The summed E-state index contributed by atoms with van der Waals surface area (Å²) in [5.74, 6) is -1.000. The van der Waals surface area contributed by atoms with Crippen LogP contribution < -0.4 is 0 Å². The SMILES string of the molecule is CCN(CC)C(=O)c1ccc(C(=C2CCN(C(=O)OC(C)(C)C)CC2)c2cccc(C(=O)O)c2)cc1. The summed E-state index contributed by atoms with van der Waals surface area (Å²) in [6.45, 7) is 11.8. The molecule has 1 saturated heterocycles. The van der Waals surface area contributed by atoms with Gasteiger partial charge in [-0.25, -0.2) is 9.59 Å². The first-order valence-corrected chi connectivity index (χ1v) is 12.5. The normalized spacial score (nSPS) is 13.8. The van der Waals surface area contributed by atoms with Crippen LogP contribution in [0.4, 0.5) is 4.79 Å². The zero-order valence-corrected chi connectivity index (χ0v) is 21.8. The van der Waals surface area contributed by atoms with E-state index in [1.54, 1.807) is 28.0 Å². The molecule has 0 spiro atoms.